The third-order valence-electron chi connectivity index (χ3n) is 5.46. The van der Waals surface area contributed by atoms with E-state index in [0.717, 1.165) is 36.3 Å². The largest absolute Gasteiger partial charge is 0.475 e. The Hall–Kier alpha value is -2.92. The topological polar surface area (TPSA) is 55.6 Å². The van der Waals surface area contributed by atoms with Gasteiger partial charge in [-0.25, -0.2) is 0 Å². The Labute approximate surface area is 151 Å². The van der Waals surface area contributed by atoms with E-state index in [0.29, 0.717) is 0 Å². The first-order chi connectivity index (χ1) is 12.7. The van der Waals surface area contributed by atoms with Crippen molar-refractivity contribution in [3.8, 4) is 5.75 Å². The van der Waals surface area contributed by atoms with Gasteiger partial charge in [0.15, 0.2) is 6.23 Å². The van der Waals surface area contributed by atoms with E-state index in [2.05, 4.69) is 29.2 Å². The molecule has 2 aliphatic rings. The molecule has 0 N–H and O–H groups in total. The van der Waals surface area contributed by atoms with Gasteiger partial charge in [-0.2, -0.15) is 0 Å². The molecule has 0 spiro atoms. The Kier molecular flexibility index (Phi) is 3.43. The fraction of sp³-hybridized carbons (Fsp3) is 0.238. The number of hydrogen-bond acceptors (Lipinski definition) is 4. The van der Waals surface area contributed by atoms with Crippen LogP contribution in [-0.4, -0.2) is 22.6 Å². The van der Waals surface area contributed by atoms with Gasteiger partial charge < -0.3 is 4.74 Å². The van der Waals surface area contributed by atoms with Crippen LogP contribution in [0, 0.1) is 10.1 Å². The second-order valence-corrected chi connectivity index (χ2v) is 6.90. The number of nitro groups is 1. The number of fused-ring (bicyclic) bond motifs is 4. The Balaban J connectivity index is 1.72. The van der Waals surface area contributed by atoms with Gasteiger partial charge in [0.25, 0.3) is 5.69 Å². The van der Waals surface area contributed by atoms with Crippen LogP contribution in [0.3, 0.4) is 0 Å². The lowest BCUT2D eigenvalue weighted by Gasteiger charge is -2.40. The zero-order valence-electron chi connectivity index (χ0n) is 14.2. The highest BCUT2D eigenvalue weighted by Crippen LogP contribution is 2.47. The van der Waals surface area contributed by atoms with Crippen molar-refractivity contribution in [2.45, 2.75) is 25.1 Å². The third-order valence-corrected chi connectivity index (χ3v) is 5.46. The smallest absolute Gasteiger partial charge is 0.269 e. The monoisotopic (exact) mass is 346 g/mol. The van der Waals surface area contributed by atoms with Gasteiger partial charge in [-0.3, -0.25) is 15.0 Å². The first-order valence-corrected chi connectivity index (χ1v) is 8.91. The van der Waals surface area contributed by atoms with E-state index in [4.69, 9.17) is 4.74 Å². The van der Waals surface area contributed by atoms with E-state index in [9.17, 15) is 10.1 Å². The minimum Gasteiger partial charge on any atom is -0.475 e. The van der Waals surface area contributed by atoms with Crippen molar-refractivity contribution >= 4 is 16.5 Å². The average molecular weight is 346 g/mol. The highest BCUT2D eigenvalue weighted by Gasteiger charge is 2.40. The summed E-state index contributed by atoms with van der Waals surface area (Å²) in [5, 5.41) is 13.4. The molecule has 0 radical (unpaired) electrons. The summed E-state index contributed by atoms with van der Waals surface area (Å²) in [7, 11) is 0. The van der Waals surface area contributed by atoms with E-state index in [1.807, 2.05) is 24.3 Å². The highest BCUT2D eigenvalue weighted by molar-refractivity contribution is 5.89. The van der Waals surface area contributed by atoms with Crippen LogP contribution < -0.4 is 4.74 Å². The van der Waals surface area contributed by atoms with E-state index in [1.165, 1.54) is 10.8 Å². The van der Waals surface area contributed by atoms with Gasteiger partial charge in [0, 0.05) is 24.2 Å². The van der Waals surface area contributed by atoms with Crippen molar-refractivity contribution in [2.75, 3.05) is 6.54 Å². The molecule has 2 heterocycles. The average Bonchev–Trinajstić information content (AvgIpc) is 3.14. The zero-order valence-corrected chi connectivity index (χ0v) is 14.2. The van der Waals surface area contributed by atoms with Crippen LogP contribution in [0.1, 0.15) is 30.0 Å². The molecule has 2 atom stereocenters. The number of hydrogen-bond donors (Lipinski definition) is 0. The summed E-state index contributed by atoms with van der Waals surface area (Å²) in [4.78, 5) is 13.1. The highest BCUT2D eigenvalue weighted by atomic mass is 16.6. The molecule has 0 aliphatic carbocycles. The second-order valence-electron chi connectivity index (χ2n) is 6.90. The summed E-state index contributed by atoms with van der Waals surface area (Å²) < 4.78 is 6.30. The van der Waals surface area contributed by atoms with E-state index >= 15 is 0 Å². The minimum absolute atomic E-state index is 0.0538. The maximum Gasteiger partial charge on any atom is 0.269 e. The molecule has 2 aliphatic heterocycles. The van der Waals surface area contributed by atoms with Gasteiger partial charge in [-0.1, -0.05) is 42.5 Å². The summed E-state index contributed by atoms with van der Waals surface area (Å²) >= 11 is 0. The van der Waals surface area contributed by atoms with Crippen LogP contribution in [0.5, 0.6) is 5.75 Å². The molecule has 5 rings (SSSR count). The molecule has 0 aromatic heterocycles. The Bertz CT molecular complexity index is 1000. The van der Waals surface area contributed by atoms with E-state index in [1.54, 1.807) is 12.1 Å². The van der Waals surface area contributed by atoms with Crippen LogP contribution in [0.25, 0.3) is 10.8 Å². The van der Waals surface area contributed by atoms with Gasteiger partial charge in [0.05, 0.1) is 11.0 Å². The molecule has 0 bridgehead atoms. The van der Waals surface area contributed by atoms with E-state index < -0.39 is 0 Å². The number of nitrogens with zero attached hydrogens (tertiary/aromatic N) is 2. The fourth-order valence-electron chi connectivity index (χ4n) is 4.29. The van der Waals surface area contributed by atoms with Crippen LogP contribution in [0.2, 0.25) is 0 Å². The number of ether oxygens (including phenoxy) is 1. The van der Waals surface area contributed by atoms with Crippen LogP contribution in [0.15, 0.2) is 60.7 Å². The fourth-order valence-corrected chi connectivity index (χ4v) is 4.29. The lowest BCUT2D eigenvalue weighted by molar-refractivity contribution is -0.384. The van der Waals surface area contributed by atoms with Gasteiger partial charge in [0.2, 0.25) is 0 Å². The van der Waals surface area contributed by atoms with Gasteiger partial charge in [0.1, 0.15) is 5.75 Å². The van der Waals surface area contributed by atoms with Crippen LogP contribution in [0.4, 0.5) is 5.69 Å². The standard InChI is InChI=1S/C21H18N2O3/c24-23(25)16-10-7-15(8-11-16)21-20-17-5-2-1-4-14(17)9-12-18(20)26-19-6-3-13-22(19)21/h1-2,4-5,7-12,19,21H,3,6,13H2. The number of non-ortho nitro benzene ring substituents is 1. The first kappa shape index (κ1) is 15.3. The second kappa shape index (κ2) is 5.81. The Morgan fingerprint density at radius 1 is 1.04 bits per heavy atom. The Morgan fingerprint density at radius 2 is 1.85 bits per heavy atom. The predicted octanol–water partition coefficient (Wildman–Crippen LogP) is 4.65. The van der Waals surface area contributed by atoms with Crippen molar-refractivity contribution in [2.24, 2.45) is 0 Å². The minimum atomic E-state index is -0.351. The number of benzene rings is 3. The molecule has 3 aromatic rings. The van der Waals surface area contributed by atoms with Gasteiger partial charge >= 0.3 is 0 Å². The summed E-state index contributed by atoms with van der Waals surface area (Å²) in [6.45, 7) is 0.967. The SMILES string of the molecule is O=[N+]([O-])c1ccc(C2c3c(ccc4ccccc34)OC3CCCN32)cc1. The summed E-state index contributed by atoms with van der Waals surface area (Å²) in [5.41, 5.74) is 2.36. The molecular formula is C21H18N2O3. The Morgan fingerprint density at radius 3 is 2.65 bits per heavy atom. The molecule has 3 aromatic carbocycles. The maximum absolute atomic E-state index is 11.0. The van der Waals surface area contributed by atoms with Gasteiger partial charge in [-0.15, -0.1) is 0 Å². The van der Waals surface area contributed by atoms with Crippen molar-refractivity contribution in [3.63, 3.8) is 0 Å². The lowest BCUT2D eigenvalue weighted by Crippen LogP contribution is -2.41. The predicted molar refractivity (Wildman–Crippen MR) is 99.2 cm³/mol. The van der Waals surface area contributed by atoms with Crippen LogP contribution >= 0.6 is 0 Å². The van der Waals surface area contributed by atoms with Crippen molar-refractivity contribution in [3.05, 3.63) is 81.9 Å². The molecule has 0 saturated carbocycles. The molecule has 26 heavy (non-hydrogen) atoms. The molecule has 2 unspecified atom stereocenters. The van der Waals surface area contributed by atoms with Crippen molar-refractivity contribution < 1.29 is 9.66 Å². The van der Waals surface area contributed by atoms with Crippen molar-refractivity contribution in [1.29, 1.82) is 0 Å². The number of nitro benzene ring substituents is 1. The lowest BCUT2D eigenvalue weighted by atomic mass is 9.90. The van der Waals surface area contributed by atoms with Crippen LogP contribution in [-0.2, 0) is 0 Å². The molecule has 5 heteroatoms. The summed E-state index contributed by atoms with van der Waals surface area (Å²) in [6.07, 6.45) is 2.18. The molecule has 5 nitrogen and oxygen atoms in total. The zero-order chi connectivity index (χ0) is 17.7. The quantitative estimate of drug-likeness (QED) is 0.500. The molecular weight excluding hydrogens is 328 g/mol. The molecule has 130 valence electrons. The van der Waals surface area contributed by atoms with E-state index in [-0.39, 0.29) is 22.9 Å². The maximum atomic E-state index is 11.0. The van der Waals surface area contributed by atoms with Crippen molar-refractivity contribution in [1.82, 2.24) is 4.90 Å². The van der Waals surface area contributed by atoms with Gasteiger partial charge in [-0.05, 0) is 35.2 Å². The molecule has 1 fully saturated rings. The summed E-state index contributed by atoms with van der Waals surface area (Å²) in [6, 6.07) is 19.5. The molecule has 0 amide bonds. The first-order valence-electron chi connectivity index (χ1n) is 8.91. The molecule has 1 saturated heterocycles. The number of rotatable bonds is 2. The third kappa shape index (κ3) is 2.28. The normalized spacial score (nSPS) is 21.8. The summed E-state index contributed by atoms with van der Waals surface area (Å²) in [5.74, 6) is 0.926.